The Labute approximate surface area is 147 Å². The van der Waals surface area contributed by atoms with Crippen LogP contribution in [0.4, 0.5) is 5.95 Å². The number of aryl methyl sites for hydroxylation is 2. The second-order valence-corrected chi connectivity index (χ2v) is 7.01. The van der Waals surface area contributed by atoms with E-state index in [2.05, 4.69) is 19.9 Å². The predicted molar refractivity (Wildman–Crippen MR) is 95.1 cm³/mol. The highest BCUT2D eigenvalue weighted by Crippen LogP contribution is 2.34. The highest BCUT2D eigenvalue weighted by Gasteiger charge is 2.44. The molecule has 0 aromatic carbocycles. The number of fused-ring (bicyclic) bond motifs is 1. The molecule has 0 saturated carbocycles. The summed E-state index contributed by atoms with van der Waals surface area (Å²) in [6.07, 6.45) is 6.13. The molecule has 4 rings (SSSR count). The van der Waals surface area contributed by atoms with Gasteiger partial charge in [-0.25, -0.2) is 9.97 Å². The van der Waals surface area contributed by atoms with E-state index >= 15 is 0 Å². The number of likely N-dealkylation sites (tertiary alicyclic amines) is 1. The van der Waals surface area contributed by atoms with Gasteiger partial charge < -0.3 is 9.80 Å². The number of hydrogen-bond donors (Lipinski definition) is 0. The third-order valence-corrected chi connectivity index (χ3v) is 5.19. The molecule has 0 N–H and O–H groups in total. The molecule has 2 aromatic rings. The molecule has 0 aliphatic carbocycles. The highest BCUT2D eigenvalue weighted by atomic mass is 16.2. The van der Waals surface area contributed by atoms with Crippen molar-refractivity contribution in [3.05, 3.63) is 47.5 Å². The first-order valence-corrected chi connectivity index (χ1v) is 8.89. The van der Waals surface area contributed by atoms with E-state index in [4.69, 9.17) is 0 Å². The number of anilines is 1. The normalized spacial score (nSPS) is 23.0. The molecule has 6 nitrogen and oxygen atoms in total. The molecule has 25 heavy (non-hydrogen) atoms. The van der Waals surface area contributed by atoms with Crippen LogP contribution >= 0.6 is 0 Å². The summed E-state index contributed by atoms with van der Waals surface area (Å²) in [4.78, 5) is 30.4. The molecule has 2 aromatic heterocycles. The fraction of sp³-hybridized carbons (Fsp3) is 0.474. The van der Waals surface area contributed by atoms with Crippen LogP contribution < -0.4 is 4.90 Å². The molecule has 0 unspecified atom stereocenters. The Morgan fingerprint density at radius 3 is 2.68 bits per heavy atom. The predicted octanol–water partition coefficient (Wildman–Crippen LogP) is 2.26. The van der Waals surface area contributed by atoms with Gasteiger partial charge in [-0.1, -0.05) is 6.07 Å². The first-order chi connectivity index (χ1) is 12.1. The Kier molecular flexibility index (Phi) is 4.11. The van der Waals surface area contributed by atoms with Gasteiger partial charge in [-0.15, -0.1) is 0 Å². The van der Waals surface area contributed by atoms with E-state index in [1.807, 2.05) is 49.3 Å². The quantitative estimate of drug-likeness (QED) is 0.860. The first kappa shape index (κ1) is 16.0. The van der Waals surface area contributed by atoms with Crippen molar-refractivity contribution in [3.63, 3.8) is 0 Å². The molecule has 2 aliphatic heterocycles. The molecule has 2 aliphatic rings. The maximum atomic E-state index is 12.6. The van der Waals surface area contributed by atoms with Crippen LogP contribution in [0.1, 0.15) is 36.2 Å². The molecule has 2 saturated heterocycles. The topological polar surface area (TPSA) is 62.2 Å². The second-order valence-electron chi connectivity index (χ2n) is 7.01. The summed E-state index contributed by atoms with van der Waals surface area (Å²) in [6, 6.07) is 6.50. The van der Waals surface area contributed by atoms with Crippen molar-refractivity contribution in [2.45, 2.75) is 51.7 Å². The van der Waals surface area contributed by atoms with E-state index in [9.17, 15) is 4.79 Å². The maximum absolute atomic E-state index is 12.6. The van der Waals surface area contributed by atoms with Crippen molar-refractivity contribution in [2.75, 3.05) is 11.4 Å². The number of carbonyl (C=O) groups is 1. The van der Waals surface area contributed by atoms with Gasteiger partial charge in [0, 0.05) is 31.1 Å². The fourth-order valence-corrected chi connectivity index (χ4v) is 4.00. The summed E-state index contributed by atoms with van der Waals surface area (Å²) < 4.78 is 0. The Morgan fingerprint density at radius 1 is 1.12 bits per heavy atom. The van der Waals surface area contributed by atoms with E-state index in [-0.39, 0.29) is 11.9 Å². The van der Waals surface area contributed by atoms with Gasteiger partial charge in [0.15, 0.2) is 0 Å². The molecule has 2 atom stereocenters. The monoisotopic (exact) mass is 337 g/mol. The summed E-state index contributed by atoms with van der Waals surface area (Å²) in [5.41, 5.74) is 3.00. The second kappa shape index (κ2) is 6.43. The summed E-state index contributed by atoms with van der Waals surface area (Å²) in [5.74, 6) is 1.01. The minimum absolute atomic E-state index is 0.216. The lowest BCUT2D eigenvalue weighted by atomic mass is 9.96. The number of aromatic nitrogens is 3. The van der Waals surface area contributed by atoms with E-state index < -0.39 is 0 Å². The summed E-state index contributed by atoms with van der Waals surface area (Å²) >= 11 is 0. The van der Waals surface area contributed by atoms with Gasteiger partial charge in [-0.3, -0.25) is 9.78 Å². The number of hydrogen-bond acceptors (Lipinski definition) is 5. The van der Waals surface area contributed by atoms with E-state index in [0.717, 1.165) is 42.3 Å². The van der Waals surface area contributed by atoms with Crippen LogP contribution in [0.15, 0.2) is 30.6 Å². The van der Waals surface area contributed by atoms with Gasteiger partial charge >= 0.3 is 0 Å². The molecule has 0 bridgehead atoms. The molecular weight excluding hydrogens is 314 g/mol. The zero-order valence-electron chi connectivity index (χ0n) is 14.7. The minimum atomic E-state index is 0.216. The Hall–Kier alpha value is -2.50. The molecular formula is C19H23N5O. The molecule has 1 amide bonds. The number of pyridine rings is 1. The van der Waals surface area contributed by atoms with Crippen molar-refractivity contribution in [2.24, 2.45) is 0 Å². The van der Waals surface area contributed by atoms with Crippen molar-refractivity contribution < 1.29 is 4.79 Å². The van der Waals surface area contributed by atoms with E-state index in [1.54, 1.807) is 0 Å². The van der Waals surface area contributed by atoms with Crippen molar-refractivity contribution in [1.29, 1.82) is 0 Å². The smallest absolute Gasteiger partial charge is 0.225 e. The van der Waals surface area contributed by atoms with Crippen LogP contribution in [0.2, 0.25) is 0 Å². The SMILES string of the molecule is Cc1cnc(N2CC[C@H]3[C@@H]2CCC(=O)N3Cc2cccc(C)n2)nc1. The van der Waals surface area contributed by atoms with Gasteiger partial charge in [0.25, 0.3) is 0 Å². The zero-order chi connectivity index (χ0) is 17.4. The molecule has 2 fully saturated rings. The number of nitrogens with zero attached hydrogens (tertiary/aromatic N) is 5. The van der Waals surface area contributed by atoms with Crippen LogP contribution in [0.25, 0.3) is 0 Å². The van der Waals surface area contributed by atoms with Crippen LogP contribution in [0.3, 0.4) is 0 Å². The van der Waals surface area contributed by atoms with Gasteiger partial charge in [0.2, 0.25) is 11.9 Å². The standard InChI is InChI=1S/C19H23N5O/c1-13-10-20-19(21-11-13)23-9-8-17-16(23)6-7-18(25)24(17)12-15-5-3-4-14(2)22-15/h3-5,10-11,16-17H,6-9,12H2,1-2H3/t16-,17-/m0/s1. The van der Waals surface area contributed by atoms with Crippen molar-refractivity contribution >= 4 is 11.9 Å². The van der Waals surface area contributed by atoms with Crippen LogP contribution in [-0.4, -0.2) is 44.4 Å². The summed E-state index contributed by atoms with van der Waals surface area (Å²) in [7, 11) is 0. The van der Waals surface area contributed by atoms with Gasteiger partial charge in [-0.05, 0) is 44.4 Å². The Bertz CT molecular complexity index is 776. The molecule has 0 radical (unpaired) electrons. The van der Waals surface area contributed by atoms with Crippen LogP contribution in [0.5, 0.6) is 0 Å². The summed E-state index contributed by atoms with van der Waals surface area (Å²) in [6.45, 7) is 5.45. The molecule has 4 heterocycles. The summed E-state index contributed by atoms with van der Waals surface area (Å²) in [5, 5.41) is 0. The first-order valence-electron chi connectivity index (χ1n) is 8.89. The number of rotatable bonds is 3. The Morgan fingerprint density at radius 2 is 1.92 bits per heavy atom. The largest absolute Gasteiger partial charge is 0.336 e. The molecule has 130 valence electrons. The third kappa shape index (κ3) is 3.08. The zero-order valence-corrected chi connectivity index (χ0v) is 14.7. The van der Waals surface area contributed by atoms with Gasteiger partial charge in [0.05, 0.1) is 24.3 Å². The fourth-order valence-electron chi connectivity index (χ4n) is 4.00. The average molecular weight is 337 g/mol. The van der Waals surface area contributed by atoms with E-state index in [1.165, 1.54) is 0 Å². The number of amides is 1. The van der Waals surface area contributed by atoms with Crippen LogP contribution in [-0.2, 0) is 11.3 Å². The highest BCUT2D eigenvalue weighted by molar-refractivity contribution is 5.78. The lowest BCUT2D eigenvalue weighted by Gasteiger charge is -2.39. The van der Waals surface area contributed by atoms with Gasteiger partial charge in [-0.2, -0.15) is 0 Å². The minimum Gasteiger partial charge on any atom is -0.336 e. The molecule has 0 spiro atoms. The van der Waals surface area contributed by atoms with Crippen molar-refractivity contribution in [1.82, 2.24) is 19.9 Å². The third-order valence-electron chi connectivity index (χ3n) is 5.19. The Balaban J connectivity index is 1.56. The number of piperidine rings is 1. The molecule has 6 heteroatoms. The maximum Gasteiger partial charge on any atom is 0.225 e. The van der Waals surface area contributed by atoms with Gasteiger partial charge in [0.1, 0.15) is 0 Å². The van der Waals surface area contributed by atoms with E-state index in [0.29, 0.717) is 19.0 Å². The van der Waals surface area contributed by atoms with Crippen molar-refractivity contribution in [3.8, 4) is 0 Å². The average Bonchev–Trinajstić information content (AvgIpc) is 3.02. The van der Waals surface area contributed by atoms with Crippen LogP contribution in [0, 0.1) is 13.8 Å². The lowest BCUT2D eigenvalue weighted by Crippen LogP contribution is -2.52. The lowest BCUT2D eigenvalue weighted by molar-refractivity contribution is -0.137. The number of carbonyl (C=O) groups excluding carboxylic acids is 1.